The highest BCUT2D eigenvalue weighted by molar-refractivity contribution is 6.02. The van der Waals surface area contributed by atoms with Crippen LogP contribution >= 0.6 is 0 Å². The maximum atomic E-state index is 12.0. The van der Waals surface area contributed by atoms with Gasteiger partial charge in [-0.25, -0.2) is 4.98 Å². The first-order valence-corrected chi connectivity index (χ1v) is 6.51. The standard InChI is InChI=1S/C15H17N3O3/c1-11-9-17-14(10-16-11)15(19)18-12-3-5-13(6-4-12)21-8-7-20-2/h3-6,9-10H,7-8H2,1-2H3,(H,18,19). The van der Waals surface area contributed by atoms with E-state index in [1.54, 1.807) is 37.6 Å². The minimum atomic E-state index is -0.296. The van der Waals surface area contributed by atoms with E-state index in [1.807, 2.05) is 6.92 Å². The Morgan fingerprint density at radius 3 is 2.52 bits per heavy atom. The van der Waals surface area contributed by atoms with Crippen molar-refractivity contribution in [2.24, 2.45) is 0 Å². The van der Waals surface area contributed by atoms with Crippen LogP contribution in [0.3, 0.4) is 0 Å². The molecule has 0 bridgehead atoms. The van der Waals surface area contributed by atoms with Crippen molar-refractivity contribution in [1.29, 1.82) is 0 Å². The second-order valence-corrected chi connectivity index (χ2v) is 4.36. The average molecular weight is 287 g/mol. The van der Waals surface area contributed by atoms with Gasteiger partial charge in [-0.3, -0.25) is 9.78 Å². The number of carbonyl (C=O) groups excluding carboxylic acids is 1. The molecule has 110 valence electrons. The maximum absolute atomic E-state index is 12.0. The lowest BCUT2D eigenvalue weighted by Crippen LogP contribution is -2.14. The zero-order valence-corrected chi connectivity index (χ0v) is 12.0. The zero-order chi connectivity index (χ0) is 15.1. The van der Waals surface area contributed by atoms with Crippen LogP contribution < -0.4 is 10.1 Å². The molecular weight excluding hydrogens is 270 g/mol. The van der Waals surface area contributed by atoms with Gasteiger partial charge in [0, 0.05) is 19.0 Å². The average Bonchev–Trinajstić information content (AvgIpc) is 2.50. The van der Waals surface area contributed by atoms with E-state index in [9.17, 15) is 4.79 Å². The summed E-state index contributed by atoms with van der Waals surface area (Å²) < 4.78 is 10.3. The van der Waals surface area contributed by atoms with Gasteiger partial charge in [0.2, 0.25) is 0 Å². The van der Waals surface area contributed by atoms with Crippen LogP contribution in [0, 0.1) is 6.92 Å². The smallest absolute Gasteiger partial charge is 0.275 e. The van der Waals surface area contributed by atoms with Crippen LogP contribution in [0.2, 0.25) is 0 Å². The molecule has 6 nitrogen and oxygen atoms in total. The SMILES string of the molecule is COCCOc1ccc(NC(=O)c2cnc(C)cn2)cc1. The first-order valence-electron chi connectivity index (χ1n) is 6.51. The van der Waals surface area contributed by atoms with Crippen LogP contribution in [-0.4, -0.2) is 36.2 Å². The van der Waals surface area contributed by atoms with Crippen molar-refractivity contribution in [3.8, 4) is 5.75 Å². The molecular formula is C15H17N3O3. The Morgan fingerprint density at radius 1 is 1.14 bits per heavy atom. The fourth-order valence-corrected chi connectivity index (χ4v) is 1.58. The Morgan fingerprint density at radius 2 is 1.90 bits per heavy atom. The molecule has 0 saturated carbocycles. The number of benzene rings is 1. The number of rotatable bonds is 6. The highest BCUT2D eigenvalue weighted by Gasteiger charge is 2.07. The second-order valence-electron chi connectivity index (χ2n) is 4.36. The number of aryl methyl sites for hydroxylation is 1. The largest absolute Gasteiger partial charge is 0.491 e. The van der Waals surface area contributed by atoms with Crippen molar-refractivity contribution >= 4 is 11.6 Å². The molecule has 0 aliphatic carbocycles. The van der Waals surface area contributed by atoms with E-state index in [-0.39, 0.29) is 11.6 Å². The van der Waals surface area contributed by atoms with Crippen LogP contribution in [-0.2, 0) is 4.74 Å². The molecule has 0 atom stereocenters. The number of carbonyl (C=O) groups is 1. The third-order valence-corrected chi connectivity index (χ3v) is 2.68. The molecule has 0 spiro atoms. The Kier molecular flexibility index (Phi) is 5.22. The maximum Gasteiger partial charge on any atom is 0.275 e. The van der Waals surface area contributed by atoms with E-state index >= 15 is 0 Å². The summed E-state index contributed by atoms with van der Waals surface area (Å²) in [5, 5.41) is 2.75. The van der Waals surface area contributed by atoms with Gasteiger partial charge in [0.1, 0.15) is 18.1 Å². The summed E-state index contributed by atoms with van der Waals surface area (Å²) in [5.74, 6) is 0.427. The van der Waals surface area contributed by atoms with Crippen LogP contribution in [0.4, 0.5) is 5.69 Å². The Hall–Kier alpha value is -2.47. The molecule has 0 unspecified atom stereocenters. The molecule has 0 aliphatic heterocycles. The highest BCUT2D eigenvalue weighted by Crippen LogP contribution is 2.16. The van der Waals surface area contributed by atoms with Crippen molar-refractivity contribution in [2.45, 2.75) is 6.92 Å². The fourth-order valence-electron chi connectivity index (χ4n) is 1.58. The minimum absolute atomic E-state index is 0.279. The molecule has 1 aromatic carbocycles. The number of methoxy groups -OCH3 is 1. The first kappa shape index (κ1) is 14.9. The molecule has 1 N–H and O–H groups in total. The van der Waals surface area contributed by atoms with Gasteiger partial charge in [-0.05, 0) is 31.2 Å². The number of aromatic nitrogens is 2. The van der Waals surface area contributed by atoms with Gasteiger partial charge < -0.3 is 14.8 Å². The topological polar surface area (TPSA) is 73.3 Å². The molecule has 2 aromatic rings. The zero-order valence-electron chi connectivity index (χ0n) is 12.0. The predicted octanol–water partition coefficient (Wildman–Crippen LogP) is 2.06. The number of anilines is 1. The van der Waals surface area contributed by atoms with Crippen LogP contribution in [0.25, 0.3) is 0 Å². The normalized spacial score (nSPS) is 10.2. The van der Waals surface area contributed by atoms with Gasteiger partial charge in [-0.1, -0.05) is 0 Å². The lowest BCUT2D eigenvalue weighted by Gasteiger charge is -2.07. The van der Waals surface area contributed by atoms with Gasteiger partial charge in [-0.2, -0.15) is 0 Å². The summed E-state index contributed by atoms with van der Waals surface area (Å²) in [5.41, 5.74) is 1.71. The Balaban J connectivity index is 1.93. The molecule has 1 amide bonds. The molecule has 0 radical (unpaired) electrons. The summed E-state index contributed by atoms with van der Waals surface area (Å²) in [6.07, 6.45) is 3.01. The van der Waals surface area contributed by atoms with E-state index in [0.717, 1.165) is 11.4 Å². The van der Waals surface area contributed by atoms with E-state index in [4.69, 9.17) is 9.47 Å². The minimum Gasteiger partial charge on any atom is -0.491 e. The van der Waals surface area contributed by atoms with Gasteiger partial charge in [-0.15, -0.1) is 0 Å². The monoisotopic (exact) mass is 287 g/mol. The highest BCUT2D eigenvalue weighted by atomic mass is 16.5. The number of amides is 1. The predicted molar refractivity (Wildman–Crippen MR) is 78.5 cm³/mol. The molecule has 0 fully saturated rings. The van der Waals surface area contributed by atoms with Crippen molar-refractivity contribution in [2.75, 3.05) is 25.6 Å². The Bertz CT molecular complexity index is 582. The van der Waals surface area contributed by atoms with Crippen LogP contribution in [0.15, 0.2) is 36.7 Å². The van der Waals surface area contributed by atoms with Crippen molar-refractivity contribution in [3.05, 3.63) is 48.0 Å². The quantitative estimate of drug-likeness (QED) is 0.823. The van der Waals surface area contributed by atoms with Gasteiger partial charge in [0.15, 0.2) is 0 Å². The molecule has 0 aliphatic rings. The van der Waals surface area contributed by atoms with Crippen molar-refractivity contribution < 1.29 is 14.3 Å². The first-order chi connectivity index (χ1) is 10.2. The molecule has 2 rings (SSSR count). The van der Waals surface area contributed by atoms with Gasteiger partial charge in [0.25, 0.3) is 5.91 Å². The van der Waals surface area contributed by atoms with E-state index < -0.39 is 0 Å². The summed E-state index contributed by atoms with van der Waals surface area (Å²) in [4.78, 5) is 20.0. The number of nitrogens with zero attached hydrogens (tertiary/aromatic N) is 2. The third kappa shape index (κ3) is 4.54. The summed E-state index contributed by atoms with van der Waals surface area (Å²) in [6.45, 7) is 2.84. The second kappa shape index (κ2) is 7.35. The molecule has 1 aromatic heterocycles. The third-order valence-electron chi connectivity index (χ3n) is 2.68. The molecule has 21 heavy (non-hydrogen) atoms. The number of hydrogen-bond acceptors (Lipinski definition) is 5. The summed E-state index contributed by atoms with van der Waals surface area (Å²) in [7, 11) is 1.62. The molecule has 0 saturated heterocycles. The van der Waals surface area contributed by atoms with Gasteiger partial charge in [0.05, 0.1) is 18.5 Å². The van der Waals surface area contributed by atoms with Crippen molar-refractivity contribution in [1.82, 2.24) is 9.97 Å². The lowest BCUT2D eigenvalue weighted by molar-refractivity contribution is 0.102. The van der Waals surface area contributed by atoms with Crippen LogP contribution in [0.5, 0.6) is 5.75 Å². The summed E-state index contributed by atoms with van der Waals surface area (Å²) >= 11 is 0. The van der Waals surface area contributed by atoms with Crippen LogP contribution in [0.1, 0.15) is 16.2 Å². The number of hydrogen-bond donors (Lipinski definition) is 1. The lowest BCUT2D eigenvalue weighted by atomic mass is 10.3. The van der Waals surface area contributed by atoms with Gasteiger partial charge >= 0.3 is 0 Å². The molecule has 6 heteroatoms. The number of nitrogens with one attached hydrogen (secondary N) is 1. The molecule has 1 heterocycles. The fraction of sp³-hybridized carbons (Fsp3) is 0.267. The summed E-state index contributed by atoms with van der Waals surface area (Å²) in [6, 6.07) is 7.10. The van der Waals surface area contributed by atoms with Crippen molar-refractivity contribution in [3.63, 3.8) is 0 Å². The Labute approximate surface area is 123 Å². The van der Waals surface area contributed by atoms with E-state index in [1.165, 1.54) is 6.20 Å². The van der Waals surface area contributed by atoms with E-state index in [2.05, 4.69) is 15.3 Å². The number of ether oxygens (including phenoxy) is 2. The van der Waals surface area contributed by atoms with E-state index in [0.29, 0.717) is 18.9 Å².